The molecule has 2 aromatic rings. The van der Waals surface area contributed by atoms with Crippen molar-refractivity contribution < 1.29 is 22.8 Å². The van der Waals surface area contributed by atoms with E-state index in [1.807, 2.05) is 19.1 Å². The number of carbonyl (C=O) groups is 2. The quantitative estimate of drug-likeness (QED) is 0.674. The van der Waals surface area contributed by atoms with Crippen LogP contribution in [0.25, 0.3) is 0 Å². The first-order chi connectivity index (χ1) is 15.3. The number of hydrogen-bond acceptors (Lipinski definition) is 3. The molecule has 2 atom stereocenters. The summed E-state index contributed by atoms with van der Waals surface area (Å²) >= 11 is 0. The van der Waals surface area contributed by atoms with Crippen LogP contribution in [0.2, 0.25) is 0 Å². The van der Waals surface area contributed by atoms with Gasteiger partial charge >= 0.3 is 12.2 Å². The van der Waals surface area contributed by atoms with Gasteiger partial charge in [-0.15, -0.1) is 0 Å². The number of carbonyl (C=O) groups excluding carboxylic acids is 2. The van der Waals surface area contributed by atoms with Crippen molar-refractivity contribution in [2.75, 3.05) is 18.4 Å². The van der Waals surface area contributed by atoms with Gasteiger partial charge in [0.25, 0.3) is 0 Å². The Hall–Kier alpha value is -3.10. The lowest BCUT2D eigenvalue weighted by atomic mass is 9.81. The fraction of sp³-hybridized carbons (Fsp3) is 0.435. The highest BCUT2D eigenvalue weighted by Crippen LogP contribution is 2.32. The van der Waals surface area contributed by atoms with Crippen LogP contribution in [0.15, 0.2) is 48.8 Å². The van der Waals surface area contributed by atoms with Crippen molar-refractivity contribution in [3.05, 3.63) is 59.9 Å². The molecule has 32 heavy (non-hydrogen) atoms. The molecule has 0 aliphatic carbocycles. The molecule has 1 aliphatic heterocycles. The molecule has 1 fully saturated rings. The van der Waals surface area contributed by atoms with E-state index in [4.69, 9.17) is 0 Å². The number of pyridine rings is 1. The monoisotopic (exact) mass is 448 g/mol. The first-order valence-electron chi connectivity index (χ1n) is 10.6. The third-order valence-corrected chi connectivity index (χ3v) is 5.80. The summed E-state index contributed by atoms with van der Waals surface area (Å²) < 4.78 is 38.7. The fourth-order valence-electron chi connectivity index (χ4n) is 3.99. The lowest BCUT2D eigenvalue weighted by Crippen LogP contribution is -2.46. The Morgan fingerprint density at radius 1 is 1.19 bits per heavy atom. The van der Waals surface area contributed by atoms with Crippen molar-refractivity contribution in [1.82, 2.24) is 15.2 Å². The van der Waals surface area contributed by atoms with Gasteiger partial charge in [0.2, 0.25) is 5.91 Å². The molecule has 1 aromatic carbocycles. The molecule has 3 rings (SSSR count). The zero-order chi connectivity index (χ0) is 23.1. The molecule has 1 saturated heterocycles. The van der Waals surface area contributed by atoms with Gasteiger partial charge < -0.3 is 15.5 Å². The van der Waals surface area contributed by atoms with Gasteiger partial charge in [0.05, 0.1) is 5.56 Å². The second-order valence-corrected chi connectivity index (χ2v) is 8.01. The fourth-order valence-corrected chi connectivity index (χ4v) is 3.99. The molecule has 0 radical (unpaired) electrons. The topological polar surface area (TPSA) is 74.3 Å². The molecule has 1 aliphatic rings. The third-order valence-electron chi connectivity index (χ3n) is 5.80. The number of likely N-dealkylation sites (tertiary alicyclic amines) is 1. The second-order valence-electron chi connectivity index (χ2n) is 8.01. The second kappa shape index (κ2) is 10.5. The molecule has 6 nitrogen and oxygen atoms in total. The van der Waals surface area contributed by atoms with Crippen LogP contribution in [-0.4, -0.2) is 34.9 Å². The number of nitrogens with zero attached hydrogens (tertiary/aromatic N) is 2. The number of hydrogen-bond donors (Lipinski definition) is 2. The van der Waals surface area contributed by atoms with Crippen molar-refractivity contribution in [3.8, 4) is 0 Å². The highest BCUT2D eigenvalue weighted by molar-refractivity contribution is 5.89. The van der Waals surface area contributed by atoms with E-state index in [1.54, 1.807) is 17.3 Å². The lowest BCUT2D eigenvalue weighted by Gasteiger charge is -2.38. The van der Waals surface area contributed by atoms with Crippen LogP contribution >= 0.6 is 0 Å². The number of halogens is 3. The number of alkyl halides is 3. The molecule has 9 heteroatoms. The summed E-state index contributed by atoms with van der Waals surface area (Å²) in [5, 5.41) is 5.48. The Morgan fingerprint density at radius 2 is 2.00 bits per heavy atom. The van der Waals surface area contributed by atoms with Crippen LogP contribution in [0.4, 0.5) is 23.7 Å². The normalized spacial score (nSPS) is 18.8. The van der Waals surface area contributed by atoms with Gasteiger partial charge in [0, 0.05) is 44.1 Å². The first-order valence-corrected chi connectivity index (χ1v) is 10.6. The van der Waals surface area contributed by atoms with Gasteiger partial charge in [-0.05, 0) is 48.1 Å². The van der Waals surface area contributed by atoms with E-state index < -0.39 is 17.8 Å². The maximum Gasteiger partial charge on any atom is 0.416 e. The molecule has 3 amide bonds. The number of nitrogens with one attached hydrogen (secondary N) is 2. The molecule has 2 N–H and O–H groups in total. The maximum absolute atomic E-state index is 12.9. The minimum atomic E-state index is -4.47. The van der Waals surface area contributed by atoms with Gasteiger partial charge in [-0.2, -0.15) is 13.2 Å². The van der Waals surface area contributed by atoms with E-state index in [0.29, 0.717) is 32.5 Å². The molecule has 0 bridgehead atoms. The van der Waals surface area contributed by atoms with Crippen molar-refractivity contribution in [1.29, 1.82) is 0 Å². The largest absolute Gasteiger partial charge is 0.416 e. The van der Waals surface area contributed by atoms with E-state index in [0.717, 1.165) is 24.1 Å². The molecule has 0 spiro atoms. The van der Waals surface area contributed by atoms with Gasteiger partial charge in [0.15, 0.2) is 0 Å². The summed E-state index contributed by atoms with van der Waals surface area (Å²) in [4.78, 5) is 30.7. The van der Waals surface area contributed by atoms with E-state index >= 15 is 0 Å². The molecular weight excluding hydrogens is 421 g/mol. The van der Waals surface area contributed by atoms with Gasteiger partial charge in [-0.3, -0.25) is 9.78 Å². The zero-order valence-corrected chi connectivity index (χ0v) is 17.9. The summed E-state index contributed by atoms with van der Waals surface area (Å²) in [5.41, 5.74) is 0.224. The Kier molecular flexibility index (Phi) is 7.71. The number of aromatic nitrogens is 1. The molecule has 1 aromatic heterocycles. The molecule has 172 valence electrons. The Bertz CT molecular complexity index is 921. The maximum atomic E-state index is 12.9. The number of amides is 3. The van der Waals surface area contributed by atoms with E-state index in [2.05, 4.69) is 15.6 Å². The van der Waals surface area contributed by atoms with Crippen LogP contribution in [0.5, 0.6) is 0 Å². The number of piperidine rings is 1. The SMILES string of the molecule is CC[C@H]1CN(C(=O)Nc2cccc(C(F)(F)F)c2)CC[C@H]1CC(=O)NCc1cccnc1. The Labute approximate surface area is 185 Å². The number of benzene rings is 1. The van der Waals surface area contributed by atoms with E-state index in [-0.39, 0.29) is 23.4 Å². The van der Waals surface area contributed by atoms with Gasteiger partial charge in [-0.1, -0.05) is 25.5 Å². The van der Waals surface area contributed by atoms with Crippen LogP contribution < -0.4 is 10.6 Å². The minimum absolute atomic E-state index is 0.0424. The minimum Gasteiger partial charge on any atom is -0.352 e. The Morgan fingerprint density at radius 3 is 2.69 bits per heavy atom. The average Bonchev–Trinajstić information content (AvgIpc) is 2.78. The third kappa shape index (κ3) is 6.45. The van der Waals surface area contributed by atoms with Crippen LogP contribution in [0.3, 0.4) is 0 Å². The predicted octanol–water partition coefficient (Wildman–Crippen LogP) is 4.69. The summed E-state index contributed by atoms with van der Waals surface area (Å²) in [5.74, 6) is 0.242. The highest BCUT2D eigenvalue weighted by atomic mass is 19.4. The summed E-state index contributed by atoms with van der Waals surface area (Å²) in [6.45, 7) is 3.34. The number of urea groups is 1. The molecule has 0 saturated carbocycles. The van der Waals surface area contributed by atoms with E-state index in [9.17, 15) is 22.8 Å². The lowest BCUT2D eigenvalue weighted by molar-refractivity contribution is -0.137. The van der Waals surface area contributed by atoms with Gasteiger partial charge in [-0.25, -0.2) is 4.79 Å². The van der Waals surface area contributed by atoms with Crippen molar-refractivity contribution >= 4 is 17.6 Å². The van der Waals surface area contributed by atoms with Crippen LogP contribution in [-0.2, 0) is 17.5 Å². The summed E-state index contributed by atoms with van der Waals surface area (Å²) in [6, 6.07) is 7.87. The molecule has 2 heterocycles. The number of anilines is 1. The predicted molar refractivity (Wildman–Crippen MR) is 115 cm³/mol. The van der Waals surface area contributed by atoms with Crippen molar-refractivity contribution in [2.45, 2.75) is 38.9 Å². The molecule has 0 unspecified atom stereocenters. The Balaban J connectivity index is 1.52. The molecular formula is C23H27F3N4O2. The summed E-state index contributed by atoms with van der Waals surface area (Å²) in [6.07, 6.45) is 0.749. The number of rotatable bonds is 6. The highest BCUT2D eigenvalue weighted by Gasteiger charge is 2.33. The van der Waals surface area contributed by atoms with Crippen LogP contribution in [0, 0.1) is 11.8 Å². The van der Waals surface area contributed by atoms with Crippen molar-refractivity contribution in [3.63, 3.8) is 0 Å². The van der Waals surface area contributed by atoms with E-state index in [1.165, 1.54) is 12.1 Å². The average molecular weight is 448 g/mol. The van der Waals surface area contributed by atoms with Crippen molar-refractivity contribution in [2.24, 2.45) is 11.8 Å². The van der Waals surface area contributed by atoms with Gasteiger partial charge in [0.1, 0.15) is 0 Å². The van der Waals surface area contributed by atoms with Crippen LogP contribution in [0.1, 0.15) is 37.3 Å². The zero-order valence-electron chi connectivity index (χ0n) is 17.9. The smallest absolute Gasteiger partial charge is 0.352 e. The first kappa shape index (κ1) is 23.6. The summed E-state index contributed by atoms with van der Waals surface area (Å²) in [7, 11) is 0. The standard InChI is InChI=1S/C23H27F3N4O2/c1-2-17-15-30(22(32)29-20-7-3-6-19(12-20)23(24,25)26)10-8-18(17)11-21(31)28-14-16-5-4-9-27-13-16/h3-7,9,12-13,17-18H,2,8,10-11,14-15H2,1H3,(H,28,31)(H,29,32)/t17-,18-/m0/s1.